The molecule has 3 aromatic rings. The smallest absolute Gasteiger partial charge is 0.272 e. The van der Waals surface area contributed by atoms with E-state index in [1.54, 1.807) is 86.0 Å². The number of hydrogen-bond donors (Lipinski definition) is 2. The van der Waals surface area contributed by atoms with Gasteiger partial charge in [-0.05, 0) is 48.0 Å². The van der Waals surface area contributed by atoms with E-state index in [1.165, 1.54) is 7.11 Å². The largest absolute Gasteiger partial charge is 0.497 e. The van der Waals surface area contributed by atoms with Gasteiger partial charge < -0.3 is 20.1 Å². The topological polar surface area (TPSA) is 76.7 Å². The van der Waals surface area contributed by atoms with Gasteiger partial charge in [0.15, 0.2) is 0 Å². The lowest BCUT2D eigenvalue weighted by atomic mass is 10.1. The fourth-order valence-corrected chi connectivity index (χ4v) is 2.75. The predicted molar refractivity (Wildman–Crippen MR) is 117 cm³/mol. The molecule has 0 bridgehead atoms. The summed E-state index contributed by atoms with van der Waals surface area (Å²) in [6, 6.07) is 22.9. The highest BCUT2D eigenvalue weighted by atomic mass is 16.5. The third-order valence-electron chi connectivity index (χ3n) is 4.31. The number of nitrogens with one attached hydrogen (secondary N) is 2. The number of rotatable bonds is 7. The van der Waals surface area contributed by atoms with Crippen molar-refractivity contribution >= 4 is 23.6 Å². The van der Waals surface area contributed by atoms with Gasteiger partial charge in [-0.2, -0.15) is 0 Å². The Labute approximate surface area is 175 Å². The molecule has 0 saturated heterocycles. The quantitative estimate of drug-likeness (QED) is 0.583. The molecule has 0 aromatic heterocycles. The fraction of sp³-hybridized carbons (Fsp3) is 0.0833. The first-order valence-electron chi connectivity index (χ1n) is 9.27. The number of ether oxygens (including phenoxy) is 2. The standard InChI is InChI=1S/C24H22N2O4/c1-29-19-14-12-17(13-15-19)16-21(26-23(27)18-8-4-3-5-9-18)24(28)25-20-10-6-7-11-22(20)30-2/h3-16H,1-2H3,(H,25,28)(H,26,27)/b21-16+. The molecule has 0 fully saturated rings. The van der Waals surface area contributed by atoms with Crippen molar-refractivity contribution in [2.24, 2.45) is 0 Å². The Morgan fingerprint density at radius 1 is 0.800 bits per heavy atom. The Morgan fingerprint density at radius 2 is 1.47 bits per heavy atom. The molecule has 2 amide bonds. The summed E-state index contributed by atoms with van der Waals surface area (Å²) in [4.78, 5) is 25.6. The summed E-state index contributed by atoms with van der Waals surface area (Å²) in [5.74, 6) is 0.356. The average molecular weight is 402 g/mol. The van der Waals surface area contributed by atoms with Crippen LogP contribution in [0.3, 0.4) is 0 Å². The number of para-hydroxylation sites is 2. The molecule has 0 aliphatic rings. The summed E-state index contributed by atoms with van der Waals surface area (Å²) < 4.78 is 10.4. The third kappa shape index (κ3) is 5.26. The maximum Gasteiger partial charge on any atom is 0.272 e. The minimum absolute atomic E-state index is 0.0972. The molecule has 0 radical (unpaired) electrons. The van der Waals surface area contributed by atoms with Gasteiger partial charge in [0, 0.05) is 5.56 Å². The fourth-order valence-electron chi connectivity index (χ4n) is 2.75. The average Bonchev–Trinajstić information content (AvgIpc) is 2.80. The van der Waals surface area contributed by atoms with Crippen molar-refractivity contribution in [1.29, 1.82) is 0 Å². The summed E-state index contributed by atoms with van der Waals surface area (Å²) in [6.07, 6.45) is 1.60. The van der Waals surface area contributed by atoms with Crippen LogP contribution in [0.1, 0.15) is 15.9 Å². The van der Waals surface area contributed by atoms with Gasteiger partial charge in [0.05, 0.1) is 19.9 Å². The van der Waals surface area contributed by atoms with Gasteiger partial charge in [-0.1, -0.05) is 42.5 Å². The van der Waals surface area contributed by atoms with Crippen molar-refractivity contribution in [1.82, 2.24) is 5.32 Å². The summed E-state index contributed by atoms with van der Waals surface area (Å²) in [5.41, 5.74) is 1.78. The van der Waals surface area contributed by atoms with Crippen LogP contribution >= 0.6 is 0 Å². The zero-order chi connectivity index (χ0) is 21.3. The zero-order valence-corrected chi connectivity index (χ0v) is 16.7. The van der Waals surface area contributed by atoms with Gasteiger partial charge in [-0.25, -0.2) is 0 Å². The maximum absolute atomic E-state index is 13.0. The highest BCUT2D eigenvalue weighted by Gasteiger charge is 2.16. The molecular formula is C24H22N2O4. The molecule has 0 spiro atoms. The highest BCUT2D eigenvalue weighted by Crippen LogP contribution is 2.24. The minimum atomic E-state index is -0.473. The Hall–Kier alpha value is -4.06. The molecule has 3 aromatic carbocycles. The first-order valence-corrected chi connectivity index (χ1v) is 9.27. The summed E-state index contributed by atoms with van der Waals surface area (Å²) in [5, 5.41) is 5.50. The van der Waals surface area contributed by atoms with Crippen molar-refractivity contribution in [2.45, 2.75) is 0 Å². The highest BCUT2D eigenvalue weighted by molar-refractivity contribution is 6.11. The lowest BCUT2D eigenvalue weighted by Crippen LogP contribution is -2.30. The van der Waals surface area contributed by atoms with Crippen molar-refractivity contribution < 1.29 is 19.1 Å². The third-order valence-corrected chi connectivity index (χ3v) is 4.31. The second-order valence-corrected chi connectivity index (χ2v) is 6.31. The lowest BCUT2D eigenvalue weighted by Gasteiger charge is -2.13. The molecule has 0 aliphatic heterocycles. The molecule has 3 rings (SSSR count). The van der Waals surface area contributed by atoms with Gasteiger partial charge in [-0.15, -0.1) is 0 Å². The van der Waals surface area contributed by atoms with E-state index in [0.717, 1.165) is 5.56 Å². The van der Waals surface area contributed by atoms with E-state index in [-0.39, 0.29) is 11.6 Å². The maximum atomic E-state index is 13.0. The molecule has 6 nitrogen and oxygen atoms in total. The number of anilines is 1. The SMILES string of the molecule is COc1ccc(/C=C(/NC(=O)c2ccccc2)C(=O)Nc2ccccc2OC)cc1. The van der Waals surface area contributed by atoms with E-state index in [0.29, 0.717) is 22.7 Å². The molecule has 0 aliphatic carbocycles. The van der Waals surface area contributed by atoms with Crippen LogP contribution in [0.25, 0.3) is 6.08 Å². The van der Waals surface area contributed by atoms with Crippen molar-refractivity contribution in [3.8, 4) is 11.5 Å². The van der Waals surface area contributed by atoms with Gasteiger partial charge >= 0.3 is 0 Å². The molecule has 0 saturated carbocycles. The zero-order valence-electron chi connectivity index (χ0n) is 16.7. The van der Waals surface area contributed by atoms with Gasteiger partial charge in [0.1, 0.15) is 17.2 Å². The summed E-state index contributed by atoms with van der Waals surface area (Å²) in [6.45, 7) is 0. The van der Waals surface area contributed by atoms with Crippen LogP contribution < -0.4 is 20.1 Å². The Kier molecular flexibility index (Phi) is 6.84. The second kappa shape index (κ2) is 9.93. The number of carbonyl (C=O) groups is 2. The van der Waals surface area contributed by atoms with E-state index in [4.69, 9.17) is 9.47 Å². The van der Waals surface area contributed by atoms with Crippen LogP contribution in [0.15, 0.2) is 84.6 Å². The van der Waals surface area contributed by atoms with Gasteiger partial charge in [0.2, 0.25) is 0 Å². The van der Waals surface area contributed by atoms with Crippen LogP contribution in [-0.2, 0) is 4.79 Å². The van der Waals surface area contributed by atoms with E-state index in [1.807, 2.05) is 6.07 Å². The number of hydrogen-bond acceptors (Lipinski definition) is 4. The normalized spacial score (nSPS) is 10.8. The molecular weight excluding hydrogens is 380 g/mol. The molecule has 0 atom stereocenters. The number of carbonyl (C=O) groups excluding carboxylic acids is 2. The Morgan fingerprint density at radius 3 is 2.13 bits per heavy atom. The van der Waals surface area contributed by atoms with Gasteiger partial charge in [0.25, 0.3) is 11.8 Å². The van der Waals surface area contributed by atoms with Crippen LogP contribution in [-0.4, -0.2) is 26.0 Å². The Balaban J connectivity index is 1.90. The summed E-state index contributed by atoms with van der Waals surface area (Å²) >= 11 is 0. The number of amides is 2. The second-order valence-electron chi connectivity index (χ2n) is 6.31. The van der Waals surface area contributed by atoms with E-state index in [9.17, 15) is 9.59 Å². The molecule has 152 valence electrons. The monoisotopic (exact) mass is 402 g/mol. The summed E-state index contributed by atoms with van der Waals surface area (Å²) in [7, 11) is 3.10. The van der Waals surface area contributed by atoms with E-state index >= 15 is 0 Å². The lowest BCUT2D eigenvalue weighted by molar-refractivity contribution is -0.113. The molecule has 2 N–H and O–H groups in total. The van der Waals surface area contributed by atoms with Crippen LogP contribution in [0, 0.1) is 0 Å². The van der Waals surface area contributed by atoms with Crippen molar-refractivity contribution in [2.75, 3.05) is 19.5 Å². The number of benzene rings is 3. The first kappa shape index (κ1) is 20.7. The molecule has 6 heteroatoms. The van der Waals surface area contributed by atoms with Crippen molar-refractivity contribution in [3.05, 3.63) is 95.7 Å². The minimum Gasteiger partial charge on any atom is -0.497 e. The molecule has 30 heavy (non-hydrogen) atoms. The molecule has 0 unspecified atom stereocenters. The first-order chi connectivity index (χ1) is 14.6. The van der Waals surface area contributed by atoms with Crippen LogP contribution in [0.5, 0.6) is 11.5 Å². The van der Waals surface area contributed by atoms with E-state index < -0.39 is 5.91 Å². The predicted octanol–water partition coefficient (Wildman–Crippen LogP) is 4.11. The Bertz CT molecular complexity index is 1040. The van der Waals surface area contributed by atoms with Crippen molar-refractivity contribution in [3.63, 3.8) is 0 Å². The number of methoxy groups -OCH3 is 2. The molecule has 0 heterocycles. The van der Waals surface area contributed by atoms with E-state index in [2.05, 4.69) is 10.6 Å². The van der Waals surface area contributed by atoms with Crippen LogP contribution in [0.2, 0.25) is 0 Å². The van der Waals surface area contributed by atoms with Crippen LogP contribution in [0.4, 0.5) is 5.69 Å². The van der Waals surface area contributed by atoms with Gasteiger partial charge in [-0.3, -0.25) is 9.59 Å².